The van der Waals surface area contributed by atoms with E-state index in [1.165, 1.54) is 0 Å². The van der Waals surface area contributed by atoms with Crippen molar-refractivity contribution in [2.75, 3.05) is 13.1 Å². The number of aromatic nitrogens is 3. The summed E-state index contributed by atoms with van der Waals surface area (Å²) in [6.07, 6.45) is 3.05. The molecule has 1 N–H and O–H groups in total. The van der Waals surface area contributed by atoms with Crippen molar-refractivity contribution >= 4 is 5.91 Å². The molecule has 8 heteroatoms. The molecule has 8 nitrogen and oxygen atoms in total. The van der Waals surface area contributed by atoms with Crippen LogP contribution < -0.4 is 4.74 Å². The van der Waals surface area contributed by atoms with Gasteiger partial charge in [0.1, 0.15) is 17.4 Å². The van der Waals surface area contributed by atoms with Gasteiger partial charge in [0, 0.05) is 45.0 Å². The Bertz CT molecular complexity index is 788. The van der Waals surface area contributed by atoms with Gasteiger partial charge in [0.05, 0.1) is 11.9 Å². The van der Waals surface area contributed by atoms with Crippen LogP contribution in [0.25, 0.3) is 0 Å². The molecule has 2 aliphatic rings. The van der Waals surface area contributed by atoms with E-state index in [2.05, 4.69) is 10.3 Å². The van der Waals surface area contributed by atoms with Crippen LogP contribution in [0.4, 0.5) is 0 Å². The van der Waals surface area contributed by atoms with Crippen molar-refractivity contribution in [1.82, 2.24) is 19.8 Å². The summed E-state index contributed by atoms with van der Waals surface area (Å²) in [6, 6.07) is 1.65. The van der Waals surface area contributed by atoms with Crippen molar-refractivity contribution in [3.05, 3.63) is 29.4 Å². The van der Waals surface area contributed by atoms with Crippen LogP contribution in [0.1, 0.15) is 54.2 Å². The molecule has 0 aliphatic carbocycles. The van der Waals surface area contributed by atoms with E-state index in [1.54, 1.807) is 22.6 Å². The maximum absolute atomic E-state index is 12.5. The number of amides is 1. The van der Waals surface area contributed by atoms with Crippen molar-refractivity contribution < 1.29 is 19.2 Å². The summed E-state index contributed by atoms with van der Waals surface area (Å²) in [7, 11) is 0. The van der Waals surface area contributed by atoms with Crippen LogP contribution in [-0.4, -0.2) is 49.5 Å². The number of likely N-dealkylation sites (tertiary alicyclic amines) is 1. The second-order valence-corrected chi connectivity index (χ2v) is 6.86. The topological polar surface area (TPSA) is 93.6 Å². The number of ether oxygens (including phenoxy) is 1. The number of carbonyl (C=O) groups excluding carboxylic acids is 1. The van der Waals surface area contributed by atoms with Gasteiger partial charge in [-0.1, -0.05) is 5.16 Å². The van der Waals surface area contributed by atoms with E-state index < -0.39 is 11.7 Å². The van der Waals surface area contributed by atoms with Gasteiger partial charge >= 0.3 is 0 Å². The molecule has 134 valence electrons. The monoisotopic (exact) mass is 346 g/mol. The van der Waals surface area contributed by atoms with Crippen molar-refractivity contribution in [2.45, 2.75) is 51.4 Å². The minimum absolute atomic E-state index is 0.147. The molecule has 1 unspecified atom stereocenters. The van der Waals surface area contributed by atoms with E-state index >= 15 is 0 Å². The Balaban J connectivity index is 1.47. The summed E-state index contributed by atoms with van der Waals surface area (Å²) in [5, 5.41) is 18.6. The zero-order valence-electron chi connectivity index (χ0n) is 14.4. The maximum Gasteiger partial charge on any atom is 0.292 e. The molecule has 4 heterocycles. The lowest BCUT2D eigenvalue weighted by atomic mass is 9.83. The van der Waals surface area contributed by atoms with E-state index in [1.807, 2.05) is 13.1 Å². The molecule has 2 aromatic heterocycles. The van der Waals surface area contributed by atoms with Gasteiger partial charge in [-0.3, -0.25) is 9.48 Å². The van der Waals surface area contributed by atoms with Gasteiger partial charge in [0.25, 0.3) is 5.91 Å². The number of fused-ring (bicyclic) bond motifs is 1. The zero-order valence-corrected chi connectivity index (χ0v) is 14.4. The van der Waals surface area contributed by atoms with Crippen LogP contribution in [0.3, 0.4) is 0 Å². The van der Waals surface area contributed by atoms with Gasteiger partial charge < -0.3 is 19.3 Å². The Morgan fingerprint density at radius 3 is 2.84 bits per heavy atom. The van der Waals surface area contributed by atoms with Crippen molar-refractivity contribution in [2.24, 2.45) is 0 Å². The Morgan fingerprint density at radius 1 is 1.44 bits per heavy atom. The highest BCUT2D eigenvalue weighted by Gasteiger charge is 2.45. The first-order chi connectivity index (χ1) is 12.0. The SMILES string of the molecule is CCn1cc2c(n1)C(O)CC1(CCN(C(=O)c3cc(C)no3)CC1)O2. The Kier molecular flexibility index (Phi) is 3.79. The van der Waals surface area contributed by atoms with E-state index in [9.17, 15) is 9.90 Å². The van der Waals surface area contributed by atoms with Gasteiger partial charge in [0.2, 0.25) is 5.76 Å². The number of rotatable bonds is 2. The lowest BCUT2D eigenvalue weighted by Gasteiger charge is -2.44. The predicted octanol–water partition coefficient (Wildman–Crippen LogP) is 1.69. The molecule has 1 atom stereocenters. The average Bonchev–Trinajstić information content (AvgIpc) is 3.21. The first-order valence-corrected chi connectivity index (χ1v) is 8.67. The van der Waals surface area contributed by atoms with Crippen molar-refractivity contribution in [3.8, 4) is 5.75 Å². The molecule has 0 bridgehead atoms. The molecule has 0 saturated carbocycles. The largest absolute Gasteiger partial charge is 0.483 e. The van der Waals surface area contributed by atoms with E-state index in [0.717, 1.165) is 6.54 Å². The molecule has 0 radical (unpaired) electrons. The van der Waals surface area contributed by atoms with Gasteiger partial charge in [-0.05, 0) is 13.8 Å². The minimum atomic E-state index is -0.629. The zero-order chi connectivity index (χ0) is 17.6. The fourth-order valence-corrected chi connectivity index (χ4v) is 3.66. The predicted molar refractivity (Wildman–Crippen MR) is 87.2 cm³/mol. The minimum Gasteiger partial charge on any atom is -0.483 e. The Hall–Kier alpha value is -2.35. The molecule has 2 aliphatic heterocycles. The van der Waals surface area contributed by atoms with Crippen molar-refractivity contribution in [1.29, 1.82) is 0 Å². The smallest absolute Gasteiger partial charge is 0.292 e. The van der Waals surface area contributed by atoms with Crippen LogP contribution in [0, 0.1) is 6.92 Å². The summed E-state index contributed by atoms with van der Waals surface area (Å²) in [5.41, 5.74) is 0.862. The number of nitrogens with zero attached hydrogens (tertiary/aromatic N) is 4. The second-order valence-electron chi connectivity index (χ2n) is 6.86. The fraction of sp³-hybridized carbons (Fsp3) is 0.588. The van der Waals surface area contributed by atoms with E-state index in [-0.39, 0.29) is 11.7 Å². The summed E-state index contributed by atoms with van der Waals surface area (Å²) < 4.78 is 13.1. The first kappa shape index (κ1) is 16.1. The fourth-order valence-electron chi connectivity index (χ4n) is 3.66. The molecule has 0 aromatic carbocycles. The highest BCUT2D eigenvalue weighted by Crippen LogP contribution is 2.43. The van der Waals surface area contributed by atoms with E-state index in [0.29, 0.717) is 49.5 Å². The number of aliphatic hydroxyl groups excluding tert-OH is 1. The molecule has 1 fully saturated rings. The van der Waals surface area contributed by atoms with Crippen molar-refractivity contribution in [3.63, 3.8) is 0 Å². The molecule has 4 rings (SSSR count). The summed E-state index contributed by atoms with van der Waals surface area (Å²) >= 11 is 0. The third-order valence-corrected chi connectivity index (χ3v) is 5.09. The van der Waals surface area contributed by atoms with Crippen LogP contribution in [-0.2, 0) is 6.54 Å². The number of aryl methyl sites for hydroxylation is 2. The number of piperidine rings is 1. The summed E-state index contributed by atoms with van der Waals surface area (Å²) in [6.45, 7) is 5.63. The van der Waals surface area contributed by atoms with Gasteiger partial charge in [-0.2, -0.15) is 5.10 Å². The molecule has 1 saturated heterocycles. The van der Waals surface area contributed by atoms with Gasteiger partial charge in [0.15, 0.2) is 5.75 Å². The molecule has 1 spiro atoms. The normalized spacial score (nSPS) is 21.9. The van der Waals surface area contributed by atoms with E-state index in [4.69, 9.17) is 9.26 Å². The maximum atomic E-state index is 12.5. The highest BCUT2D eigenvalue weighted by molar-refractivity contribution is 5.91. The Morgan fingerprint density at radius 2 is 2.20 bits per heavy atom. The summed E-state index contributed by atoms with van der Waals surface area (Å²) in [5.74, 6) is 0.780. The lowest BCUT2D eigenvalue weighted by molar-refractivity contribution is -0.0508. The molecule has 1 amide bonds. The third kappa shape index (κ3) is 2.80. The Labute approximate surface area is 145 Å². The number of carbonyl (C=O) groups is 1. The van der Waals surface area contributed by atoms with Crippen LogP contribution in [0.2, 0.25) is 0 Å². The van der Waals surface area contributed by atoms with Gasteiger partial charge in [-0.25, -0.2) is 0 Å². The molecule has 25 heavy (non-hydrogen) atoms. The van der Waals surface area contributed by atoms with Crippen LogP contribution in [0.5, 0.6) is 5.75 Å². The van der Waals surface area contributed by atoms with Crippen LogP contribution in [0.15, 0.2) is 16.8 Å². The first-order valence-electron chi connectivity index (χ1n) is 8.67. The number of aliphatic hydroxyl groups is 1. The molecule has 2 aromatic rings. The average molecular weight is 346 g/mol. The van der Waals surface area contributed by atoms with Gasteiger partial charge in [-0.15, -0.1) is 0 Å². The number of hydrogen-bond acceptors (Lipinski definition) is 6. The second kappa shape index (κ2) is 5.87. The molecular weight excluding hydrogens is 324 g/mol. The standard InChI is InChI=1S/C17H22N4O4/c1-3-21-10-14-15(18-21)12(22)9-17(24-14)4-6-20(7-5-17)16(23)13-8-11(2)19-25-13/h8,10,12,22H,3-7,9H2,1-2H3. The lowest BCUT2D eigenvalue weighted by Crippen LogP contribution is -2.51. The third-order valence-electron chi connectivity index (χ3n) is 5.09. The highest BCUT2D eigenvalue weighted by atomic mass is 16.5. The van der Waals surface area contributed by atoms with Crippen LogP contribution >= 0.6 is 0 Å². The quantitative estimate of drug-likeness (QED) is 0.889. The molecular formula is C17H22N4O4. The number of hydrogen-bond donors (Lipinski definition) is 1. The summed E-state index contributed by atoms with van der Waals surface area (Å²) in [4.78, 5) is 14.2.